The van der Waals surface area contributed by atoms with Gasteiger partial charge in [-0.25, -0.2) is 4.98 Å². The van der Waals surface area contributed by atoms with Crippen LogP contribution >= 0.6 is 0 Å². The van der Waals surface area contributed by atoms with E-state index in [0.29, 0.717) is 11.3 Å². The SMILES string of the molecule is O=C(c1ncccc1C#CCO)N1CCCCC1. The normalized spacial score (nSPS) is 14.8. The third-order valence-electron chi connectivity index (χ3n) is 2.96. The Kier molecular flexibility index (Phi) is 4.32. The fourth-order valence-corrected chi connectivity index (χ4v) is 2.06. The molecule has 2 rings (SSSR count). The van der Waals surface area contributed by atoms with Gasteiger partial charge in [0.1, 0.15) is 12.3 Å². The van der Waals surface area contributed by atoms with Crippen LogP contribution in [0.25, 0.3) is 0 Å². The first-order chi connectivity index (χ1) is 8.83. The van der Waals surface area contributed by atoms with Gasteiger partial charge in [-0.05, 0) is 31.4 Å². The van der Waals surface area contributed by atoms with Crippen LogP contribution in [0.5, 0.6) is 0 Å². The maximum absolute atomic E-state index is 12.3. The van der Waals surface area contributed by atoms with Gasteiger partial charge in [-0.15, -0.1) is 0 Å². The maximum Gasteiger partial charge on any atom is 0.273 e. The van der Waals surface area contributed by atoms with E-state index in [1.54, 1.807) is 18.3 Å². The van der Waals surface area contributed by atoms with E-state index in [-0.39, 0.29) is 12.5 Å². The Labute approximate surface area is 107 Å². The molecular weight excluding hydrogens is 228 g/mol. The lowest BCUT2D eigenvalue weighted by Gasteiger charge is -2.26. The molecule has 1 saturated heterocycles. The molecule has 0 bridgehead atoms. The molecule has 0 atom stereocenters. The second-order valence-corrected chi connectivity index (χ2v) is 4.21. The maximum atomic E-state index is 12.3. The molecule has 2 heterocycles. The number of hydrogen-bond donors (Lipinski definition) is 1. The summed E-state index contributed by atoms with van der Waals surface area (Å²) >= 11 is 0. The van der Waals surface area contributed by atoms with Crippen LogP contribution in [-0.4, -0.2) is 40.6 Å². The number of likely N-dealkylation sites (tertiary alicyclic amines) is 1. The lowest BCUT2D eigenvalue weighted by molar-refractivity contribution is 0.0718. The summed E-state index contributed by atoms with van der Waals surface area (Å²) in [4.78, 5) is 18.3. The van der Waals surface area contributed by atoms with Gasteiger partial charge in [-0.3, -0.25) is 4.79 Å². The molecule has 0 radical (unpaired) electrons. The number of rotatable bonds is 1. The molecule has 1 fully saturated rings. The summed E-state index contributed by atoms with van der Waals surface area (Å²) < 4.78 is 0. The van der Waals surface area contributed by atoms with E-state index in [1.165, 1.54) is 6.42 Å². The Bertz CT molecular complexity index is 482. The first kappa shape index (κ1) is 12.6. The molecule has 1 aliphatic rings. The lowest BCUT2D eigenvalue weighted by atomic mass is 10.1. The summed E-state index contributed by atoms with van der Waals surface area (Å²) in [6, 6.07) is 3.50. The van der Waals surface area contributed by atoms with Crippen molar-refractivity contribution in [2.45, 2.75) is 19.3 Å². The van der Waals surface area contributed by atoms with Crippen molar-refractivity contribution in [3.8, 4) is 11.8 Å². The van der Waals surface area contributed by atoms with Gasteiger partial charge < -0.3 is 10.0 Å². The quantitative estimate of drug-likeness (QED) is 0.751. The van der Waals surface area contributed by atoms with Gasteiger partial charge in [0.15, 0.2) is 0 Å². The second-order valence-electron chi connectivity index (χ2n) is 4.21. The highest BCUT2D eigenvalue weighted by molar-refractivity contribution is 5.94. The monoisotopic (exact) mass is 244 g/mol. The van der Waals surface area contributed by atoms with Crippen molar-refractivity contribution in [3.05, 3.63) is 29.6 Å². The summed E-state index contributed by atoms with van der Waals surface area (Å²) in [5.74, 6) is 5.27. The van der Waals surface area contributed by atoms with Gasteiger partial charge >= 0.3 is 0 Å². The molecule has 94 valence electrons. The smallest absolute Gasteiger partial charge is 0.273 e. The van der Waals surface area contributed by atoms with E-state index in [4.69, 9.17) is 5.11 Å². The van der Waals surface area contributed by atoms with Crippen LogP contribution in [0.2, 0.25) is 0 Å². The molecule has 1 aromatic heterocycles. The van der Waals surface area contributed by atoms with Gasteiger partial charge in [-0.2, -0.15) is 0 Å². The van der Waals surface area contributed by atoms with E-state index in [9.17, 15) is 4.79 Å². The Hall–Kier alpha value is -1.86. The van der Waals surface area contributed by atoms with E-state index in [1.807, 2.05) is 4.90 Å². The number of aromatic nitrogens is 1. The standard InChI is InChI=1S/C14H16N2O2/c17-11-5-7-12-6-4-8-15-13(12)14(18)16-9-2-1-3-10-16/h4,6,8,17H,1-3,9-11H2. The average Bonchev–Trinajstić information content (AvgIpc) is 2.45. The third-order valence-corrected chi connectivity index (χ3v) is 2.96. The largest absolute Gasteiger partial charge is 0.384 e. The number of amides is 1. The van der Waals surface area contributed by atoms with Gasteiger partial charge in [0.25, 0.3) is 5.91 Å². The van der Waals surface area contributed by atoms with Gasteiger partial charge in [0.05, 0.1) is 5.56 Å². The zero-order chi connectivity index (χ0) is 12.8. The van der Waals surface area contributed by atoms with Crippen LogP contribution in [0, 0.1) is 11.8 Å². The van der Waals surface area contributed by atoms with Crippen LogP contribution in [0.15, 0.2) is 18.3 Å². The number of piperidine rings is 1. The highest BCUT2D eigenvalue weighted by Crippen LogP contribution is 2.14. The summed E-state index contributed by atoms with van der Waals surface area (Å²) in [6.45, 7) is 1.37. The van der Waals surface area contributed by atoms with E-state index >= 15 is 0 Å². The molecule has 18 heavy (non-hydrogen) atoms. The second kappa shape index (κ2) is 6.18. The molecule has 0 spiro atoms. The minimum atomic E-state index is -0.216. The highest BCUT2D eigenvalue weighted by Gasteiger charge is 2.21. The first-order valence-electron chi connectivity index (χ1n) is 6.17. The van der Waals surface area contributed by atoms with E-state index < -0.39 is 0 Å². The third kappa shape index (κ3) is 2.88. The summed E-state index contributed by atoms with van der Waals surface area (Å²) in [7, 11) is 0. The van der Waals surface area contributed by atoms with Crippen molar-refractivity contribution < 1.29 is 9.90 Å². The zero-order valence-corrected chi connectivity index (χ0v) is 10.2. The van der Waals surface area contributed by atoms with Crippen molar-refractivity contribution in [1.29, 1.82) is 0 Å². The van der Waals surface area contributed by atoms with Crippen molar-refractivity contribution in [2.75, 3.05) is 19.7 Å². The molecule has 4 heteroatoms. The van der Waals surface area contributed by atoms with Crippen molar-refractivity contribution in [1.82, 2.24) is 9.88 Å². The number of carbonyl (C=O) groups is 1. The number of aliphatic hydroxyl groups is 1. The molecule has 4 nitrogen and oxygen atoms in total. The molecule has 1 aliphatic heterocycles. The predicted octanol–water partition coefficient (Wildman–Crippen LogP) is 1.05. The molecule has 1 aromatic rings. The average molecular weight is 244 g/mol. The van der Waals surface area contributed by atoms with Gasteiger partial charge in [0, 0.05) is 19.3 Å². The Balaban J connectivity index is 2.23. The lowest BCUT2D eigenvalue weighted by Crippen LogP contribution is -2.36. The molecule has 0 aliphatic carbocycles. The van der Waals surface area contributed by atoms with Gasteiger partial charge in [0.2, 0.25) is 0 Å². The minimum Gasteiger partial charge on any atom is -0.384 e. The minimum absolute atomic E-state index is 0.0578. The molecule has 1 amide bonds. The van der Waals surface area contributed by atoms with Crippen LogP contribution in [0.4, 0.5) is 0 Å². The summed E-state index contributed by atoms with van der Waals surface area (Å²) in [5.41, 5.74) is 0.975. The molecule has 1 N–H and O–H groups in total. The fourth-order valence-electron chi connectivity index (χ4n) is 2.06. The van der Waals surface area contributed by atoms with E-state index in [2.05, 4.69) is 16.8 Å². The highest BCUT2D eigenvalue weighted by atomic mass is 16.2. The van der Waals surface area contributed by atoms with Crippen molar-refractivity contribution in [2.24, 2.45) is 0 Å². The Morgan fingerprint density at radius 2 is 2.17 bits per heavy atom. The number of pyridine rings is 1. The van der Waals surface area contributed by atoms with Crippen LogP contribution in [0.1, 0.15) is 35.3 Å². The number of nitrogens with zero attached hydrogens (tertiary/aromatic N) is 2. The summed E-state index contributed by atoms with van der Waals surface area (Å²) in [6.07, 6.45) is 4.89. The Morgan fingerprint density at radius 1 is 1.39 bits per heavy atom. The molecular formula is C14H16N2O2. The first-order valence-corrected chi connectivity index (χ1v) is 6.17. The summed E-state index contributed by atoms with van der Waals surface area (Å²) in [5, 5.41) is 8.72. The zero-order valence-electron chi connectivity index (χ0n) is 10.2. The molecule has 0 aromatic carbocycles. The van der Waals surface area contributed by atoms with E-state index in [0.717, 1.165) is 25.9 Å². The topological polar surface area (TPSA) is 53.4 Å². The fraction of sp³-hybridized carbons (Fsp3) is 0.429. The van der Waals surface area contributed by atoms with Crippen LogP contribution in [-0.2, 0) is 0 Å². The number of hydrogen-bond acceptors (Lipinski definition) is 3. The van der Waals surface area contributed by atoms with Crippen LogP contribution < -0.4 is 0 Å². The van der Waals surface area contributed by atoms with Crippen LogP contribution in [0.3, 0.4) is 0 Å². The van der Waals surface area contributed by atoms with Crippen molar-refractivity contribution in [3.63, 3.8) is 0 Å². The van der Waals surface area contributed by atoms with Crippen molar-refractivity contribution >= 4 is 5.91 Å². The molecule has 0 saturated carbocycles. The number of aliphatic hydroxyl groups excluding tert-OH is 1. The predicted molar refractivity (Wildman–Crippen MR) is 68.0 cm³/mol. The number of carbonyl (C=O) groups excluding carboxylic acids is 1. The van der Waals surface area contributed by atoms with Gasteiger partial charge in [-0.1, -0.05) is 11.8 Å². The Morgan fingerprint density at radius 3 is 2.89 bits per heavy atom. The molecule has 0 unspecified atom stereocenters.